The number of cyclic esters (lactones) is 1. The third kappa shape index (κ3) is 2.01. The maximum absolute atomic E-state index is 11.3. The van der Waals surface area contributed by atoms with Crippen LogP contribution in [0, 0.1) is 6.92 Å². The number of aromatic nitrogens is 2. The smallest absolute Gasteiger partial charge is 0.319 e. The Labute approximate surface area is 107 Å². The third-order valence-electron chi connectivity index (χ3n) is 2.63. The summed E-state index contributed by atoms with van der Waals surface area (Å²) in [5.41, 5.74) is 0.767. The highest BCUT2D eigenvalue weighted by Crippen LogP contribution is 2.31. The van der Waals surface area contributed by atoms with Crippen LogP contribution < -0.4 is 0 Å². The lowest BCUT2D eigenvalue weighted by molar-refractivity contribution is -0.137. The van der Waals surface area contributed by atoms with Crippen molar-refractivity contribution in [3.05, 3.63) is 18.1 Å². The molecule has 0 aliphatic carbocycles. The Bertz CT molecular complexity index is 577. The fraction of sp³-hybridized carbons (Fsp3) is 0.364. The van der Waals surface area contributed by atoms with E-state index in [0.29, 0.717) is 24.1 Å². The van der Waals surface area contributed by atoms with Crippen molar-refractivity contribution in [2.24, 2.45) is 0 Å². The Hall–Kier alpha value is -1.76. The monoisotopic (exact) mass is 266 g/mol. The van der Waals surface area contributed by atoms with E-state index in [-0.39, 0.29) is 11.2 Å². The molecule has 7 heteroatoms. The number of carbonyl (C=O) groups is 1. The number of hydrogen-bond donors (Lipinski definition) is 0. The summed E-state index contributed by atoms with van der Waals surface area (Å²) in [4.78, 5) is 11.3. The topological polar surface area (TPSA) is 78.4 Å². The van der Waals surface area contributed by atoms with Crippen LogP contribution in [-0.2, 0) is 9.53 Å². The summed E-state index contributed by atoms with van der Waals surface area (Å²) >= 11 is 1.24. The first-order valence-electron chi connectivity index (χ1n) is 5.45. The molecule has 1 saturated heterocycles. The molecule has 0 bridgehead atoms. The largest absolute Gasteiger partial charge is 0.469 e. The highest BCUT2D eigenvalue weighted by atomic mass is 32.2. The lowest BCUT2D eigenvalue weighted by Gasteiger charge is -1.98. The van der Waals surface area contributed by atoms with Gasteiger partial charge in [0.05, 0.1) is 18.4 Å². The van der Waals surface area contributed by atoms with Crippen LogP contribution in [0.4, 0.5) is 0 Å². The van der Waals surface area contributed by atoms with Gasteiger partial charge in [0.1, 0.15) is 11.0 Å². The quantitative estimate of drug-likeness (QED) is 0.786. The Balaban J connectivity index is 1.78. The molecule has 0 saturated carbocycles. The van der Waals surface area contributed by atoms with Crippen molar-refractivity contribution >= 4 is 17.7 Å². The van der Waals surface area contributed by atoms with Gasteiger partial charge in [0.2, 0.25) is 0 Å². The van der Waals surface area contributed by atoms with Gasteiger partial charge in [-0.2, -0.15) is 0 Å². The molecule has 1 atom stereocenters. The summed E-state index contributed by atoms with van der Waals surface area (Å²) in [5, 5.41) is 7.97. The predicted octanol–water partition coefficient (Wildman–Crippen LogP) is 2.05. The SMILES string of the molecule is Cc1occc1-c1nnc(SC2CCOC2=O)o1. The molecular weight excluding hydrogens is 256 g/mol. The number of esters is 1. The van der Waals surface area contributed by atoms with Crippen LogP contribution in [0.25, 0.3) is 11.5 Å². The maximum Gasteiger partial charge on any atom is 0.319 e. The van der Waals surface area contributed by atoms with Crippen molar-refractivity contribution in [3.8, 4) is 11.5 Å². The van der Waals surface area contributed by atoms with E-state index in [2.05, 4.69) is 10.2 Å². The minimum atomic E-state index is -0.247. The lowest BCUT2D eigenvalue weighted by atomic mass is 10.3. The van der Waals surface area contributed by atoms with E-state index in [4.69, 9.17) is 13.6 Å². The number of rotatable bonds is 3. The van der Waals surface area contributed by atoms with E-state index in [0.717, 1.165) is 11.3 Å². The minimum absolute atomic E-state index is 0.223. The zero-order chi connectivity index (χ0) is 12.5. The van der Waals surface area contributed by atoms with Gasteiger partial charge in [-0.05, 0) is 24.8 Å². The van der Waals surface area contributed by atoms with Gasteiger partial charge in [0.15, 0.2) is 0 Å². The number of nitrogens with zero attached hydrogens (tertiary/aromatic N) is 2. The normalized spacial score (nSPS) is 19.2. The van der Waals surface area contributed by atoms with E-state index < -0.39 is 0 Å². The van der Waals surface area contributed by atoms with Gasteiger partial charge in [-0.25, -0.2) is 0 Å². The first-order chi connectivity index (χ1) is 8.74. The Morgan fingerprint density at radius 2 is 2.33 bits per heavy atom. The maximum atomic E-state index is 11.3. The summed E-state index contributed by atoms with van der Waals surface area (Å²) < 4.78 is 15.5. The van der Waals surface area contributed by atoms with Crippen LogP contribution >= 0.6 is 11.8 Å². The number of ether oxygens (including phenoxy) is 1. The highest BCUT2D eigenvalue weighted by molar-refractivity contribution is 8.00. The molecule has 3 heterocycles. The molecule has 1 unspecified atom stereocenters. The van der Waals surface area contributed by atoms with Crippen LogP contribution in [0.5, 0.6) is 0 Å². The minimum Gasteiger partial charge on any atom is -0.469 e. The number of thioether (sulfide) groups is 1. The van der Waals surface area contributed by atoms with Gasteiger partial charge >= 0.3 is 5.97 Å². The average molecular weight is 266 g/mol. The van der Waals surface area contributed by atoms with Crippen LogP contribution in [0.15, 0.2) is 26.4 Å². The first-order valence-corrected chi connectivity index (χ1v) is 6.33. The molecule has 1 aliphatic heterocycles. The molecule has 2 aromatic rings. The third-order valence-corrected chi connectivity index (χ3v) is 3.71. The van der Waals surface area contributed by atoms with Crippen molar-refractivity contribution in [2.45, 2.75) is 23.8 Å². The number of carbonyl (C=O) groups excluding carboxylic acids is 1. The standard InChI is InChI=1S/C11H10N2O4S/c1-6-7(2-4-15-6)9-12-13-11(17-9)18-8-3-5-16-10(8)14/h2,4,8H,3,5H2,1H3. The molecule has 0 aromatic carbocycles. The van der Waals surface area contributed by atoms with Crippen molar-refractivity contribution < 1.29 is 18.4 Å². The van der Waals surface area contributed by atoms with Crippen LogP contribution in [0.1, 0.15) is 12.2 Å². The Kier molecular flexibility index (Phi) is 2.83. The number of hydrogen-bond acceptors (Lipinski definition) is 7. The average Bonchev–Trinajstić information content (AvgIpc) is 3.03. The van der Waals surface area contributed by atoms with Crippen molar-refractivity contribution in [1.82, 2.24) is 10.2 Å². The molecule has 2 aromatic heterocycles. The lowest BCUT2D eigenvalue weighted by Crippen LogP contribution is -2.09. The first kappa shape index (κ1) is 11.3. The Morgan fingerprint density at radius 1 is 1.44 bits per heavy atom. The summed E-state index contributed by atoms with van der Waals surface area (Å²) in [6.07, 6.45) is 2.24. The van der Waals surface area contributed by atoms with E-state index >= 15 is 0 Å². The molecular formula is C11H10N2O4S. The summed E-state index contributed by atoms with van der Waals surface area (Å²) in [5.74, 6) is 0.893. The van der Waals surface area contributed by atoms with Gasteiger partial charge < -0.3 is 13.6 Å². The van der Waals surface area contributed by atoms with E-state index in [9.17, 15) is 4.79 Å². The predicted molar refractivity (Wildman–Crippen MR) is 62.0 cm³/mol. The zero-order valence-electron chi connectivity index (χ0n) is 9.58. The fourth-order valence-corrected chi connectivity index (χ4v) is 2.52. The van der Waals surface area contributed by atoms with Crippen LogP contribution in [0.3, 0.4) is 0 Å². The second-order valence-electron chi connectivity index (χ2n) is 3.83. The summed E-state index contributed by atoms with van der Waals surface area (Å²) in [7, 11) is 0. The molecule has 3 rings (SSSR count). The molecule has 18 heavy (non-hydrogen) atoms. The van der Waals surface area contributed by atoms with Crippen molar-refractivity contribution in [2.75, 3.05) is 6.61 Å². The molecule has 0 N–H and O–H groups in total. The van der Waals surface area contributed by atoms with Gasteiger partial charge in [-0.1, -0.05) is 0 Å². The Morgan fingerprint density at radius 3 is 3.00 bits per heavy atom. The van der Waals surface area contributed by atoms with E-state index in [1.54, 1.807) is 12.3 Å². The highest BCUT2D eigenvalue weighted by Gasteiger charge is 2.29. The molecule has 1 fully saturated rings. The van der Waals surface area contributed by atoms with E-state index in [1.165, 1.54) is 11.8 Å². The van der Waals surface area contributed by atoms with Gasteiger partial charge in [0.25, 0.3) is 11.1 Å². The molecule has 94 valence electrons. The van der Waals surface area contributed by atoms with Gasteiger partial charge in [-0.15, -0.1) is 10.2 Å². The molecule has 0 spiro atoms. The summed E-state index contributed by atoms with van der Waals surface area (Å²) in [6.45, 7) is 2.28. The molecule has 6 nitrogen and oxygen atoms in total. The van der Waals surface area contributed by atoms with Gasteiger partial charge in [0, 0.05) is 6.42 Å². The van der Waals surface area contributed by atoms with E-state index in [1.807, 2.05) is 6.92 Å². The van der Waals surface area contributed by atoms with Crippen LogP contribution in [-0.4, -0.2) is 28.0 Å². The van der Waals surface area contributed by atoms with Crippen LogP contribution in [0.2, 0.25) is 0 Å². The summed E-state index contributed by atoms with van der Waals surface area (Å²) in [6, 6.07) is 1.77. The second-order valence-corrected chi connectivity index (χ2v) is 4.98. The zero-order valence-corrected chi connectivity index (χ0v) is 10.4. The fourth-order valence-electron chi connectivity index (χ4n) is 1.68. The number of furan rings is 1. The number of aryl methyl sites for hydroxylation is 1. The van der Waals surface area contributed by atoms with Gasteiger partial charge in [-0.3, -0.25) is 4.79 Å². The molecule has 0 radical (unpaired) electrons. The van der Waals surface area contributed by atoms with Crippen molar-refractivity contribution in [1.29, 1.82) is 0 Å². The second kappa shape index (κ2) is 4.49. The molecule has 0 amide bonds. The van der Waals surface area contributed by atoms with Crippen molar-refractivity contribution in [3.63, 3.8) is 0 Å². The molecule has 1 aliphatic rings.